The molecule has 0 saturated carbocycles. The van der Waals surface area contributed by atoms with Crippen LogP contribution in [0.25, 0.3) is 0 Å². The Labute approximate surface area is 66.2 Å². The number of carbonyl (C=O) groups excluding carboxylic acids is 1. The molecule has 0 fully saturated rings. The summed E-state index contributed by atoms with van der Waals surface area (Å²) in [6, 6.07) is 0. The Morgan fingerprint density at radius 3 is 2.73 bits per heavy atom. The summed E-state index contributed by atoms with van der Waals surface area (Å²) in [5.74, 6) is -0.407. The van der Waals surface area contributed by atoms with Crippen molar-refractivity contribution in [1.82, 2.24) is 0 Å². The molecule has 0 atom stereocenters. The molecule has 0 rings (SSSR count). The maximum Gasteiger partial charge on any atom is 0.330 e. The van der Waals surface area contributed by atoms with Crippen molar-refractivity contribution in [3.8, 4) is 0 Å². The second-order valence-electron chi connectivity index (χ2n) is 2.18. The third-order valence-corrected chi connectivity index (χ3v) is 1.09. The minimum atomic E-state index is -0.407. The molecule has 0 aliphatic rings. The van der Waals surface area contributed by atoms with Crippen molar-refractivity contribution in [1.29, 1.82) is 0 Å². The number of esters is 1. The third kappa shape index (κ3) is 7.02. The van der Waals surface area contributed by atoms with Crippen LogP contribution in [-0.2, 0) is 9.53 Å². The summed E-state index contributed by atoms with van der Waals surface area (Å²) in [5.41, 5.74) is 10.5. The smallest absolute Gasteiger partial charge is 0.330 e. The number of nitrogens with two attached hydrogens (primary N) is 2. The largest absolute Gasteiger partial charge is 0.463 e. The van der Waals surface area contributed by atoms with E-state index in [0.717, 1.165) is 6.08 Å². The van der Waals surface area contributed by atoms with E-state index in [2.05, 4.69) is 11.3 Å². The SMILES string of the molecule is C=CC(=O)OCCCC(N)N. The zero-order chi connectivity index (χ0) is 8.69. The van der Waals surface area contributed by atoms with Crippen LogP contribution in [0, 0.1) is 0 Å². The van der Waals surface area contributed by atoms with Crippen LogP contribution in [0.3, 0.4) is 0 Å². The molecule has 0 heterocycles. The number of carbonyl (C=O) groups is 1. The first-order valence-corrected chi connectivity index (χ1v) is 3.47. The highest BCUT2D eigenvalue weighted by molar-refractivity contribution is 5.81. The second-order valence-corrected chi connectivity index (χ2v) is 2.18. The van der Waals surface area contributed by atoms with E-state index < -0.39 is 5.97 Å². The summed E-state index contributed by atoms with van der Waals surface area (Å²) in [5, 5.41) is 0. The standard InChI is InChI=1S/C7H14N2O2/c1-2-7(10)11-5-3-4-6(8)9/h2,6H,1,3-5,8-9H2. The van der Waals surface area contributed by atoms with Gasteiger partial charge in [-0.25, -0.2) is 4.79 Å². The van der Waals surface area contributed by atoms with E-state index in [9.17, 15) is 4.79 Å². The van der Waals surface area contributed by atoms with E-state index in [1.807, 2.05) is 0 Å². The molecule has 0 spiro atoms. The summed E-state index contributed by atoms with van der Waals surface area (Å²) in [6.07, 6.45) is 2.15. The molecule has 0 unspecified atom stereocenters. The van der Waals surface area contributed by atoms with Crippen LogP contribution in [-0.4, -0.2) is 18.7 Å². The molecule has 4 nitrogen and oxygen atoms in total. The van der Waals surface area contributed by atoms with Crippen molar-refractivity contribution in [2.75, 3.05) is 6.61 Å². The number of rotatable bonds is 5. The van der Waals surface area contributed by atoms with Crippen molar-refractivity contribution < 1.29 is 9.53 Å². The van der Waals surface area contributed by atoms with Crippen LogP contribution in [0.5, 0.6) is 0 Å². The maximum absolute atomic E-state index is 10.5. The Morgan fingerprint density at radius 2 is 2.27 bits per heavy atom. The van der Waals surface area contributed by atoms with E-state index in [1.165, 1.54) is 0 Å². The van der Waals surface area contributed by atoms with Crippen LogP contribution >= 0.6 is 0 Å². The van der Waals surface area contributed by atoms with Gasteiger partial charge in [-0.1, -0.05) is 6.58 Å². The van der Waals surface area contributed by atoms with Crippen molar-refractivity contribution >= 4 is 5.97 Å². The summed E-state index contributed by atoms with van der Waals surface area (Å²) in [7, 11) is 0. The lowest BCUT2D eigenvalue weighted by molar-refractivity contribution is -0.137. The van der Waals surface area contributed by atoms with Crippen molar-refractivity contribution in [3.63, 3.8) is 0 Å². The summed E-state index contributed by atoms with van der Waals surface area (Å²) in [6.45, 7) is 3.61. The normalized spacial score (nSPS) is 9.73. The molecule has 0 aromatic carbocycles. The minimum Gasteiger partial charge on any atom is -0.463 e. The van der Waals surface area contributed by atoms with Gasteiger partial charge >= 0.3 is 5.97 Å². The molecule has 64 valence electrons. The van der Waals surface area contributed by atoms with Crippen LogP contribution in [0.15, 0.2) is 12.7 Å². The van der Waals surface area contributed by atoms with Gasteiger partial charge in [0.05, 0.1) is 12.8 Å². The van der Waals surface area contributed by atoms with Gasteiger partial charge in [-0.05, 0) is 12.8 Å². The Hall–Kier alpha value is -0.870. The fourth-order valence-corrected chi connectivity index (χ4v) is 0.551. The van der Waals surface area contributed by atoms with E-state index >= 15 is 0 Å². The molecule has 4 N–H and O–H groups in total. The summed E-state index contributed by atoms with van der Waals surface area (Å²) in [4.78, 5) is 10.5. The molecule has 0 aliphatic carbocycles. The zero-order valence-corrected chi connectivity index (χ0v) is 6.45. The van der Waals surface area contributed by atoms with E-state index in [4.69, 9.17) is 11.5 Å². The predicted molar refractivity (Wildman–Crippen MR) is 42.6 cm³/mol. The van der Waals surface area contributed by atoms with Gasteiger partial charge in [0.15, 0.2) is 0 Å². The number of ether oxygens (including phenoxy) is 1. The Bertz CT molecular complexity index is 134. The van der Waals surface area contributed by atoms with Gasteiger partial charge in [-0.2, -0.15) is 0 Å². The summed E-state index contributed by atoms with van der Waals surface area (Å²) >= 11 is 0. The van der Waals surface area contributed by atoms with Crippen LogP contribution in [0.2, 0.25) is 0 Å². The van der Waals surface area contributed by atoms with Crippen LogP contribution in [0.1, 0.15) is 12.8 Å². The average Bonchev–Trinajstić information content (AvgIpc) is 1.97. The fourth-order valence-electron chi connectivity index (χ4n) is 0.551. The van der Waals surface area contributed by atoms with Crippen LogP contribution < -0.4 is 11.5 Å². The molecule has 4 heteroatoms. The summed E-state index contributed by atoms with van der Waals surface area (Å²) < 4.78 is 4.67. The van der Waals surface area contributed by atoms with Gasteiger partial charge < -0.3 is 16.2 Å². The van der Waals surface area contributed by atoms with Gasteiger partial charge in [0, 0.05) is 6.08 Å². The number of hydrogen-bond acceptors (Lipinski definition) is 4. The van der Waals surface area contributed by atoms with Crippen molar-refractivity contribution in [2.24, 2.45) is 11.5 Å². The Morgan fingerprint density at radius 1 is 1.64 bits per heavy atom. The van der Waals surface area contributed by atoms with Crippen molar-refractivity contribution in [2.45, 2.75) is 19.0 Å². The Kier molecular flexibility index (Phi) is 5.42. The monoisotopic (exact) mass is 158 g/mol. The average molecular weight is 158 g/mol. The van der Waals surface area contributed by atoms with Gasteiger partial charge in [-0.15, -0.1) is 0 Å². The molecular weight excluding hydrogens is 144 g/mol. The second kappa shape index (κ2) is 5.88. The maximum atomic E-state index is 10.5. The molecule has 0 radical (unpaired) electrons. The van der Waals surface area contributed by atoms with E-state index in [-0.39, 0.29) is 6.17 Å². The highest BCUT2D eigenvalue weighted by atomic mass is 16.5. The first-order chi connectivity index (χ1) is 5.16. The first-order valence-electron chi connectivity index (χ1n) is 3.47. The predicted octanol–water partition coefficient (Wildman–Crippen LogP) is -0.261. The van der Waals surface area contributed by atoms with Crippen molar-refractivity contribution in [3.05, 3.63) is 12.7 Å². The lowest BCUT2D eigenvalue weighted by atomic mass is 10.3. The van der Waals surface area contributed by atoms with Gasteiger partial charge in [0.25, 0.3) is 0 Å². The fraction of sp³-hybridized carbons (Fsp3) is 0.571. The van der Waals surface area contributed by atoms with Gasteiger partial charge in [-0.3, -0.25) is 0 Å². The van der Waals surface area contributed by atoms with E-state index in [1.54, 1.807) is 0 Å². The zero-order valence-electron chi connectivity index (χ0n) is 6.45. The van der Waals surface area contributed by atoms with Gasteiger partial charge in [0.1, 0.15) is 0 Å². The lowest BCUT2D eigenvalue weighted by Crippen LogP contribution is -2.30. The molecule has 0 bridgehead atoms. The molecule has 0 aliphatic heterocycles. The number of hydrogen-bond donors (Lipinski definition) is 2. The first kappa shape index (κ1) is 10.1. The minimum absolute atomic E-state index is 0.322. The van der Waals surface area contributed by atoms with E-state index in [0.29, 0.717) is 19.4 Å². The molecule has 0 aromatic heterocycles. The highest BCUT2D eigenvalue weighted by Crippen LogP contribution is 1.90. The topological polar surface area (TPSA) is 78.3 Å². The molecule has 0 saturated heterocycles. The quantitative estimate of drug-likeness (QED) is 0.250. The third-order valence-electron chi connectivity index (χ3n) is 1.09. The molecule has 0 amide bonds. The lowest BCUT2D eigenvalue weighted by Gasteiger charge is -2.04. The molecular formula is C7H14N2O2. The van der Waals surface area contributed by atoms with Gasteiger partial charge in [0.2, 0.25) is 0 Å². The highest BCUT2D eigenvalue weighted by Gasteiger charge is 1.96. The Balaban J connectivity index is 3.14. The van der Waals surface area contributed by atoms with Crippen LogP contribution in [0.4, 0.5) is 0 Å². The molecule has 0 aromatic rings. The molecule has 11 heavy (non-hydrogen) atoms.